The van der Waals surface area contributed by atoms with Crippen molar-refractivity contribution in [3.8, 4) is 0 Å². The van der Waals surface area contributed by atoms with E-state index in [0.29, 0.717) is 18.4 Å². The van der Waals surface area contributed by atoms with Crippen molar-refractivity contribution < 1.29 is 5.11 Å². The molecule has 3 heterocycles. The Hall–Kier alpha value is -1.88. The summed E-state index contributed by atoms with van der Waals surface area (Å²) in [6.45, 7) is 0.292. The smallest absolute Gasteiger partial charge is 0.139 e. The summed E-state index contributed by atoms with van der Waals surface area (Å²) in [5.74, 6) is 1.95. The Kier molecular flexibility index (Phi) is 1.99. The third-order valence-corrected chi connectivity index (χ3v) is 3.93. The molecule has 5 heteroatoms. The summed E-state index contributed by atoms with van der Waals surface area (Å²) in [6.07, 6.45) is 5.77. The van der Waals surface area contributed by atoms with Crippen LogP contribution in [0.15, 0.2) is 18.5 Å². The number of aliphatic hydroxyl groups is 1. The predicted molar refractivity (Wildman–Crippen MR) is 68.3 cm³/mol. The molecule has 0 atom stereocenters. The van der Waals surface area contributed by atoms with Crippen molar-refractivity contribution in [3.05, 3.63) is 24.3 Å². The van der Waals surface area contributed by atoms with Crippen molar-refractivity contribution in [2.45, 2.75) is 18.8 Å². The first kappa shape index (κ1) is 10.1. The van der Waals surface area contributed by atoms with Crippen LogP contribution in [0.25, 0.3) is 22.1 Å². The van der Waals surface area contributed by atoms with E-state index in [1.54, 1.807) is 0 Å². The lowest BCUT2D eigenvalue weighted by Crippen LogP contribution is -2.25. The Balaban J connectivity index is 1.79. The van der Waals surface area contributed by atoms with Crippen molar-refractivity contribution in [1.82, 2.24) is 19.9 Å². The molecule has 4 rings (SSSR count). The molecule has 0 bridgehead atoms. The Morgan fingerprint density at radius 3 is 3.11 bits per heavy atom. The average Bonchev–Trinajstić information content (AvgIpc) is 2.91. The molecule has 18 heavy (non-hydrogen) atoms. The number of nitrogens with one attached hydrogen (secondary N) is 2. The van der Waals surface area contributed by atoms with Gasteiger partial charge in [0.15, 0.2) is 0 Å². The van der Waals surface area contributed by atoms with Gasteiger partial charge in [-0.1, -0.05) is 0 Å². The van der Waals surface area contributed by atoms with Crippen molar-refractivity contribution in [2.24, 2.45) is 5.92 Å². The first-order valence-corrected chi connectivity index (χ1v) is 6.27. The minimum Gasteiger partial charge on any atom is -0.396 e. The number of aliphatic hydroxyl groups excluding tert-OH is 1. The number of aromatic amines is 2. The second-order valence-corrected chi connectivity index (χ2v) is 5.10. The maximum Gasteiger partial charge on any atom is 0.139 e. The molecule has 5 nitrogen and oxygen atoms in total. The fourth-order valence-corrected chi connectivity index (χ4v) is 2.79. The minimum atomic E-state index is 0.292. The third kappa shape index (κ3) is 1.31. The van der Waals surface area contributed by atoms with Crippen LogP contribution in [0.2, 0.25) is 0 Å². The van der Waals surface area contributed by atoms with E-state index in [4.69, 9.17) is 10.1 Å². The van der Waals surface area contributed by atoms with E-state index in [9.17, 15) is 0 Å². The van der Waals surface area contributed by atoms with Gasteiger partial charge in [-0.25, -0.2) is 9.97 Å². The van der Waals surface area contributed by atoms with Crippen LogP contribution < -0.4 is 0 Å². The summed E-state index contributed by atoms with van der Waals surface area (Å²) in [5, 5.41) is 10.1. The zero-order chi connectivity index (χ0) is 12.1. The van der Waals surface area contributed by atoms with Gasteiger partial charge in [0.2, 0.25) is 0 Å². The van der Waals surface area contributed by atoms with Crippen LogP contribution >= 0.6 is 0 Å². The average molecular weight is 242 g/mol. The predicted octanol–water partition coefficient (Wildman–Crippen LogP) is 1.93. The van der Waals surface area contributed by atoms with Gasteiger partial charge in [0.05, 0.1) is 11.7 Å². The molecule has 0 aliphatic heterocycles. The van der Waals surface area contributed by atoms with Gasteiger partial charge in [0, 0.05) is 24.1 Å². The van der Waals surface area contributed by atoms with Gasteiger partial charge >= 0.3 is 0 Å². The molecule has 0 amide bonds. The molecule has 1 aliphatic carbocycles. The highest BCUT2D eigenvalue weighted by Crippen LogP contribution is 2.40. The molecular formula is C13H14N4O. The highest BCUT2D eigenvalue weighted by atomic mass is 16.3. The first-order valence-electron chi connectivity index (χ1n) is 6.27. The second kappa shape index (κ2) is 3.55. The van der Waals surface area contributed by atoms with E-state index in [-0.39, 0.29) is 0 Å². The molecule has 92 valence electrons. The molecule has 1 fully saturated rings. The zero-order valence-corrected chi connectivity index (χ0v) is 9.85. The van der Waals surface area contributed by atoms with E-state index in [1.807, 2.05) is 18.5 Å². The van der Waals surface area contributed by atoms with Crippen molar-refractivity contribution in [1.29, 1.82) is 0 Å². The largest absolute Gasteiger partial charge is 0.396 e. The lowest BCUT2D eigenvalue weighted by atomic mass is 9.75. The molecule has 3 N–H and O–H groups in total. The number of hydrogen-bond donors (Lipinski definition) is 3. The van der Waals surface area contributed by atoms with Gasteiger partial charge in [0.1, 0.15) is 17.0 Å². The maximum absolute atomic E-state index is 9.06. The number of nitrogens with zero attached hydrogens (tertiary/aromatic N) is 2. The van der Waals surface area contributed by atoms with Gasteiger partial charge < -0.3 is 15.1 Å². The summed E-state index contributed by atoms with van der Waals surface area (Å²) in [5.41, 5.74) is 2.86. The van der Waals surface area contributed by atoms with Gasteiger partial charge in [-0.3, -0.25) is 0 Å². The van der Waals surface area contributed by atoms with Crippen molar-refractivity contribution in [3.63, 3.8) is 0 Å². The van der Waals surface area contributed by atoms with Crippen LogP contribution in [0.3, 0.4) is 0 Å². The Bertz CT molecular complexity index is 708. The fourth-order valence-electron chi connectivity index (χ4n) is 2.79. The Morgan fingerprint density at radius 1 is 1.39 bits per heavy atom. The Labute approximate surface area is 103 Å². The quantitative estimate of drug-likeness (QED) is 0.642. The molecule has 3 aromatic rings. The standard InChI is InChI=1S/C13H14N4O/c18-6-7-3-8(4-7)12-16-10-5-15-13-9(1-2-14-13)11(10)17-12/h1-2,5,7-8,18H,3-4,6H2,(H,14,15)(H,16,17). The molecule has 0 saturated heterocycles. The molecule has 3 aromatic heterocycles. The number of aromatic nitrogens is 4. The highest BCUT2D eigenvalue weighted by molar-refractivity contribution is 6.00. The molecule has 1 aliphatic rings. The van der Waals surface area contributed by atoms with Gasteiger partial charge in [-0.2, -0.15) is 0 Å². The van der Waals surface area contributed by atoms with E-state index >= 15 is 0 Å². The summed E-state index contributed by atoms with van der Waals surface area (Å²) in [6, 6.07) is 2.01. The van der Waals surface area contributed by atoms with Gasteiger partial charge in [-0.15, -0.1) is 0 Å². The van der Waals surface area contributed by atoms with Gasteiger partial charge in [-0.05, 0) is 24.8 Å². The number of rotatable bonds is 2. The maximum atomic E-state index is 9.06. The molecule has 0 unspecified atom stereocenters. The van der Waals surface area contributed by atoms with Crippen molar-refractivity contribution >= 4 is 22.1 Å². The van der Waals surface area contributed by atoms with E-state index in [0.717, 1.165) is 40.7 Å². The number of fused-ring (bicyclic) bond motifs is 3. The lowest BCUT2D eigenvalue weighted by Gasteiger charge is -2.32. The van der Waals surface area contributed by atoms with Crippen molar-refractivity contribution in [2.75, 3.05) is 6.61 Å². The SMILES string of the molecule is OCC1CC(c2nc3c(cnc4[nH]ccc43)[nH]2)C1. The highest BCUT2D eigenvalue weighted by Gasteiger charge is 2.31. The molecular weight excluding hydrogens is 228 g/mol. The van der Waals surface area contributed by atoms with Crippen LogP contribution in [-0.2, 0) is 0 Å². The molecule has 0 radical (unpaired) electrons. The Morgan fingerprint density at radius 2 is 2.28 bits per heavy atom. The first-order chi connectivity index (χ1) is 8.85. The number of imidazole rings is 1. The summed E-state index contributed by atoms with van der Waals surface area (Å²) in [4.78, 5) is 15.5. The number of pyridine rings is 1. The normalized spacial score (nSPS) is 23.6. The zero-order valence-electron chi connectivity index (χ0n) is 9.85. The van der Waals surface area contributed by atoms with Crippen LogP contribution in [0.4, 0.5) is 0 Å². The molecule has 0 spiro atoms. The fraction of sp³-hybridized carbons (Fsp3) is 0.385. The summed E-state index contributed by atoms with van der Waals surface area (Å²) in [7, 11) is 0. The summed E-state index contributed by atoms with van der Waals surface area (Å²) >= 11 is 0. The van der Waals surface area contributed by atoms with Gasteiger partial charge in [0.25, 0.3) is 0 Å². The molecule has 0 aromatic carbocycles. The van der Waals surface area contributed by atoms with Crippen LogP contribution in [0, 0.1) is 5.92 Å². The summed E-state index contributed by atoms with van der Waals surface area (Å²) < 4.78 is 0. The number of H-pyrrole nitrogens is 2. The van der Waals surface area contributed by atoms with Crippen LogP contribution in [-0.4, -0.2) is 31.6 Å². The number of hydrogen-bond acceptors (Lipinski definition) is 3. The monoisotopic (exact) mass is 242 g/mol. The second-order valence-electron chi connectivity index (χ2n) is 5.10. The van der Waals surface area contributed by atoms with Crippen LogP contribution in [0.1, 0.15) is 24.6 Å². The van der Waals surface area contributed by atoms with E-state index < -0.39 is 0 Å². The minimum absolute atomic E-state index is 0.292. The topological polar surface area (TPSA) is 77.6 Å². The lowest BCUT2D eigenvalue weighted by molar-refractivity contribution is 0.139. The third-order valence-electron chi connectivity index (χ3n) is 3.93. The van der Waals surface area contributed by atoms with E-state index in [1.165, 1.54) is 0 Å². The van der Waals surface area contributed by atoms with Crippen LogP contribution in [0.5, 0.6) is 0 Å². The molecule has 1 saturated carbocycles. The van der Waals surface area contributed by atoms with E-state index in [2.05, 4.69) is 15.0 Å².